The van der Waals surface area contributed by atoms with Gasteiger partial charge in [-0.2, -0.15) is 0 Å². The highest BCUT2D eigenvalue weighted by Crippen LogP contribution is 2.36. The van der Waals surface area contributed by atoms with Gasteiger partial charge in [0.2, 0.25) is 0 Å². The molecule has 1 aliphatic rings. The Labute approximate surface area is 165 Å². The highest BCUT2D eigenvalue weighted by Gasteiger charge is 2.34. The van der Waals surface area contributed by atoms with Gasteiger partial charge in [-0.3, -0.25) is 0 Å². The lowest BCUT2D eigenvalue weighted by molar-refractivity contribution is -0.143. The number of benzene rings is 2. The molecule has 1 N–H and O–H groups in total. The van der Waals surface area contributed by atoms with E-state index in [1.807, 2.05) is 39.8 Å². The molecule has 2 atom stereocenters. The quantitative estimate of drug-likeness (QED) is 0.545. The molecule has 0 radical (unpaired) electrons. The minimum absolute atomic E-state index is 0.0422. The first-order valence-corrected chi connectivity index (χ1v) is 10.1. The number of rotatable bonds is 4. The maximum absolute atomic E-state index is 12.8. The highest BCUT2D eigenvalue weighted by atomic mass is 32.2. The SMILES string of the molecule is Cc1ccc(SC(C)C2CC(O)=C(c3c(C)cc(C)cc3C)C(=O)O2)cc1. The van der Waals surface area contributed by atoms with Gasteiger partial charge in [-0.15, -0.1) is 11.8 Å². The summed E-state index contributed by atoms with van der Waals surface area (Å²) >= 11 is 1.66. The molecule has 27 heavy (non-hydrogen) atoms. The maximum atomic E-state index is 12.8. The van der Waals surface area contributed by atoms with Gasteiger partial charge >= 0.3 is 5.97 Å². The standard InChI is InChI=1S/C23H26O3S/c1-13-6-8-18(9-7-13)27-17(5)20-12-19(24)22(23(25)26-20)21-15(3)10-14(2)11-16(21)4/h6-11,17,20,24H,12H2,1-5H3. The third kappa shape index (κ3) is 4.22. The zero-order valence-corrected chi connectivity index (χ0v) is 17.3. The van der Waals surface area contributed by atoms with Crippen LogP contribution in [0, 0.1) is 27.7 Å². The first kappa shape index (κ1) is 19.6. The summed E-state index contributed by atoms with van der Waals surface area (Å²) in [6.07, 6.45) is -0.00738. The maximum Gasteiger partial charge on any atom is 0.342 e. The second-order valence-electron chi connectivity index (χ2n) is 7.38. The molecule has 3 nitrogen and oxygen atoms in total. The van der Waals surface area contributed by atoms with Crippen molar-refractivity contribution < 1.29 is 14.6 Å². The summed E-state index contributed by atoms with van der Waals surface area (Å²) in [5.41, 5.74) is 5.41. The Morgan fingerprint density at radius 1 is 1.04 bits per heavy atom. The van der Waals surface area contributed by atoms with Gasteiger partial charge in [0.15, 0.2) is 0 Å². The van der Waals surface area contributed by atoms with Crippen LogP contribution < -0.4 is 0 Å². The van der Waals surface area contributed by atoms with E-state index in [-0.39, 0.29) is 17.1 Å². The summed E-state index contributed by atoms with van der Waals surface area (Å²) in [5.74, 6) is -0.308. The van der Waals surface area contributed by atoms with E-state index in [1.54, 1.807) is 11.8 Å². The number of hydrogen-bond acceptors (Lipinski definition) is 4. The molecule has 0 saturated heterocycles. The summed E-state index contributed by atoms with van der Waals surface area (Å²) in [6.45, 7) is 10.0. The smallest absolute Gasteiger partial charge is 0.342 e. The van der Waals surface area contributed by atoms with Crippen LogP contribution in [-0.4, -0.2) is 22.4 Å². The molecule has 4 heteroatoms. The second-order valence-corrected chi connectivity index (χ2v) is 8.83. The number of hydrogen-bond donors (Lipinski definition) is 1. The van der Waals surface area contributed by atoms with Crippen molar-refractivity contribution in [3.63, 3.8) is 0 Å². The average molecular weight is 383 g/mol. The average Bonchev–Trinajstić information content (AvgIpc) is 2.58. The van der Waals surface area contributed by atoms with E-state index in [9.17, 15) is 9.90 Å². The van der Waals surface area contributed by atoms with E-state index in [2.05, 4.69) is 31.2 Å². The third-order valence-electron chi connectivity index (χ3n) is 4.94. The topological polar surface area (TPSA) is 46.5 Å². The number of carbonyl (C=O) groups excluding carboxylic acids is 1. The monoisotopic (exact) mass is 382 g/mol. The fourth-order valence-corrected chi connectivity index (χ4v) is 4.66. The molecule has 1 aliphatic heterocycles. The van der Waals surface area contributed by atoms with Gasteiger partial charge in [0, 0.05) is 16.6 Å². The molecule has 142 valence electrons. The van der Waals surface area contributed by atoms with Gasteiger partial charge in [-0.05, 0) is 63.4 Å². The zero-order valence-electron chi connectivity index (χ0n) is 16.5. The van der Waals surface area contributed by atoms with E-state index in [0.717, 1.165) is 27.1 Å². The number of thioether (sulfide) groups is 1. The molecule has 0 aromatic heterocycles. The molecular formula is C23H26O3S. The molecule has 3 rings (SSSR count). The predicted molar refractivity (Wildman–Crippen MR) is 111 cm³/mol. The van der Waals surface area contributed by atoms with Crippen molar-refractivity contribution in [3.8, 4) is 0 Å². The lowest BCUT2D eigenvalue weighted by atomic mass is 9.90. The van der Waals surface area contributed by atoms with Crippen molar-refractivity contribution in [2.24, 2.45) is 0 Å². The van der Waals surface area contributed by atoms with Crippen LogP contribution in [0.4, 0.5) is 0 Å². The molecule has 0 amide bonds. The molecule has 0 bridgehead atoms. The van der Waals surface area contributed by atoms with E-state index >= 15 is 0 Å². The van der Waals surface area contributed by atoms with Crippen molar-refractivity contribution >= 4 is 23.3 Å². The summed E-state index contributed by atoms with van der Waals surface area (Å²) in [4.78, 5) is 13.9. The lowest BCUT2D eigenvalue weighted by Crippen LogP contribution is -2.33. The summed E-state index contributed by atoms with van der Waals surface area (Å²) in [6, 6.07) is 12.3. The van der Waals surface area contributed by atoms with Crippen LogP contribution in [0.5, 0.6) is 0 Å². The van der Waals surface area contributed by atoms with E-state index in [4.69, 9.17) is 4.74 Å². The Kier molecular flexibility index (Phi) is 5.66. The van der Waals surface area contributed by atoms with Crippen LogP contribution in [0.15, 0.2) is 47.1 Å². The van der Waals surface area contributed by atoms with Crippen molar-refractivity contribution in [1.29, 1.82) is 0 Å². The molecular weight excluding hydrogens is 356 g/mol. The largest absolute Gasteiger partial charge is 0.511 e. The second kappa shape index (κ2) is 7.81. The number of aryl methyl sites for hydroxylation is 4. The Morgan fingerprint density at radius 3 is 2.19 bits per heavy atom. The summed E-state index contributed by atoms with van der Waals surface area (Å²) in [7, 11) is 0. The third-order valence-corrected chi connectivity index (χ3v) is 6.16. The fraction of sp³-hybridized carbons (Fsp3) is 0.348. The van der Waals surface area contributed by atoms with Crippen LogP contribution in [0.2, 0.25) is 0 Å². The summed E-state index contributed by atoms with van der Waals surface area (Å²) in [5, 5.41) is 10.7. The number of carbonyl (C=O) groups is 1. The number of aliphatic hydroxyl groups is 1. The van der Waals surface area contributed by atoms with Crippen molar-refractivity contribution in [2.45, 2.75) is 57.3 Å². The Bertz CT molecular complexity index is 873. The number of cyclic esters (lactones) is 1. The van der Waals surface area contributed by atoms with Crippen molar-refractivity contribution in [1.82, 2.24) is 0 Å². The predicted octanol–water partition coefficient (Wildman–Crippen LogP) is 5.69. The van der Waals surface area contributed by atoms with Gasteiger partial charge in [0.25, 0.3) is 0 Å². The number of esters is 1. The minimum Gasteiger partial charge on any atom is -0.511 e. The number of ether oxygens (including phenoxy) is 1. The van der Waals surface area contributed by atoms with Gasteiger partial charge in [0.1, 0.15) is 17.4 Å². The highest BCUT2D eigenvalue weighted by molar-refractivity contribution is 8.00. The van der Waals surface area contributed by atoms with Crippen LogP contribution in [0.25, 0.3) is 5.57 Å². The molecule has 0 saturated carbocycles. The molecule has 1 heterocycles. The zero-order chi connectivity index (χ0) is 19.7. The van der Waals surface area contributed by atoms with Gasteiger partial charge in [-0.25, -0.2) is 4.79 Å². The van der Waals surface area contributed by atoms with Gasteiger partial charge < -0.3 is 9.84 Å². The molecule has 2 unspecified atom stereocenters. The number of aliphatic hydroxyl groups excluding tert-OH is 1. The van der Waals surface area contributed by atoms with Crippen LogP contribution in [-0.2, 0) is 9.53 Å². The molecule has 2 aromatic carbocycles. The minimum atomic E-state index is -0.435. The van der Waals surface area contributed by atoms with E-state index < -0.39 is 5.97 Å². The Morgan fingerprint density at radius 2 is 1.63 bits per heavy atom. The van der Waals surface area contributed by atoms with Crippen LogP contribution in [0.3, 0.4) is 0 Å². The van der Waals surface area contributed by atoms with Gasteiger partial charge in [-0.1, -0.05) is 35.4 Å². The van der Waals surface area contributed by atoms with Crippen molar-refractivity contribution in [3.05, 3.63) is 70.0 Å². The van der Waals surface area contributed by atoms with Crippen LogP contribution >= 0.6 is 11.8 Å². The molecule has 0 spiro atoms. The Balaban J connectivity index is 1.84. The fourth-order valence-electron chi connectivity index (χ4n) is 3.64. The normalized spacial score (nSPS) is 18.4. The first-order chi connectivity index (χ1) is 12.8. The van der Waals surface area contributed by atoms with Gasteiger partial charge in [0.05, 0.1) is 0 Å². The van der Waals surface area contributed by atoms with E-state index in [0.29, 0.717) is 12.0 Å². The van der Waals surface area contributed by atoms with Crippen LogP contribution in [0.1, 0.15) is 41.2 Å². The molecule has 2 aromatic rings. The van der Waals surface area contributed by atoms with Crippen molar-refractivity contribution in [2.75, 3.05) is 0 Å². The molecule has 0 aliphatic carbocycles. The Hall–Kier alpha value is -2.20. The molecule has 0 fully saturated rings. The summed E-state index contributed by atoms with van der Waals surface area (Å²) < 4.78 is 5.74. The lowest BCUT2D eigenvalue weighted by Gasteiger charge is -2.29. The first-order valence-electron chi connectivity index (χ1n) is 9.21. The van der Waals surface area contributed by atoms with E-state index in [1.165, 1.54) is 5.56 Å².